The molecule has 160 valence electrons. The minimum Gasteiger partial charge on any atom is -0.477 e. The number of ether oxygens (including phenoxy) is 1. The van der Waals surface area contributed by atoms with E-state index in [4.69, 9.17) is 4.74 Å². The lowest BCUT2D eigenvalue weighted by Gasteiger charge is -2.36. The van der Waals surface area contributed by atoms with Crippen LogP contribution < -0.4 is 15.4 Å². The lowest BCUT2D eigenvalue weighted by Crippen LogP contribution is -2.53. The van der Waals surface area contributed by atoms with Crippen molar-refractivity contribution < 1.29 is 9.53 Å². The molecule has 1 amide bonds. The lowest BCUT2D eigenvalue weighted by molar-refractivity contribution is -0.128. The summed E-state index contributed by atoms with van der Waals surface area (Å²) in [5, 5.41) is 15.6. The molecule has 1 atom stereocenters. The van der Waals surface area contributed by atoms with Crippen molar-refractivity contribution in [2.75, 3.05) is 39.8 Å². The molecule has 2 aliphatic rings. The summed E-state index contributed by atoms with van der Waals surface area (Å²) in [7, 11) is 2.09. The molecule has 0 radical (unpaired) electrons. The molecule has 2 aromatic heterocycles. The Kier molecular flexibility index (Phi) is 6.24. The van der Waals surface area contributed by atoms with Crippen LogP contribution in [0, 0.1) is 0 Å². The summed E-state index contributed by atoms with van der Waals surface area (Å²) < 4.78 is 5.62. The summed E-state index contributed by atoms with van der Waals surface area (Å²) in [6, 6.07) is 7.84. The summed E-state index contributed by atoms with van der Waals surface area (Å²) in [6.45, 7) is 5.95. The number of hydrogen-bond donors (Lipinski definition) is 2. The number of nitrogens with zero attached hydrogens (tertiary/aromatic N) is 4. The molecule has 4 heterocycles. The number of carbonyl (C=O) groups is 1. The summed E-state index contributed by atoms with van der Waals surface area (Å²) in [5.41, 5.74) is 1.59. The van der Waals surface area contributed by atoms with Crippen LogP contribution in [0.4, 0.5) is 0 Å². The van der Waals surface area contributed by atoms with Gasteiger partial charge in [0, 0.05) is 18.8 Å². The fourth-order valence-electron chi connectivity index (χ4n) is 4.40. The predicted molar refractivity (Wildman–Crippen MR) is 114 cm³/mol. The number of likely N-dealkylation sites (N-methyl/N-ethyl adjacent to an activating group) is 1. The van der Waals surface area contributed by atoms with Gasteiger partial charge in [0.2, 0.25) is 11.8 Å². The standard InChI is InChI=1S/C22H30N6O2/c1-3-30-20-17(5-4-11-24-20)18-6-7-19(27-26-18)22(9-12-23-13-10-22)21(29)25-16-8-14-28(2)15-16/h4-7,11,16,23H,3,8-10,12-15H2,1-2H3,(H,25,29)/t16-/m0/s1. The van der Waals surface area contributed by atoms with Gasteiger partial charge in [-0.25, -0.2) is 4.98 Å². The van der Waals surface area contributed by atoms with Crippen molar-refractivity contribution in [1.29, 1.82) is 0 Å². The van der Waals surface area contributed by atoms with E-state index in [0.717, 1.165) is 43.9 Å². The normalized spacial score (nSPS) is 21.3. The smallest absolute Gasteiger partial charge is 0.232 e. The first-order valence-corrected chi connectivity index (χ1v) is 10.7. The molecule has 2 fully saturated rings. The van der Waals surface area contributed by atoms with E-state index >= 15 is 0 Å². The van der Waals surface area contributed by atoms with E-state index in [1.165, 1.54) is 0 Å². The average molecular weight is 411 g/mol. The zero-order valence-corrected chi connectivity index (χ0v) is 17.7. The zero-order valence-electron chi connectivity index (χ0n) is 17.7. The van der Waals surface area contributed by atoms with E-state index in [2.05, 4.69) is 37.8 Å². The van der Waals surface area contributed by atoms with Gasteiger partial charge < -0.3 is 20.3 Å². The Morgan fingerprint density at radius 3 is 2.80 bits per heavy atom. The van der Waals surface area contributed by atoms with E-state index in [0.29, 0.717) is 31.0 Å². The number of aromatic nitrogens is 3. The van der Waals surface area contributed by atoms with Crippen molar-refractivity contribution in [2.24, 2.45) is 0 Å². The molecule has 30 heavy (non-hydrogen) atoms. The van der Waals surface area contributed by atoms with Gasteiger partial charge in [-0.2, -0.15) is 10.2 Å². The van der Waals surface area contributed by atoms with E-state index in [9.17, 15) is 4.79 Å². The van der Waals surface area contributed by atoms with Crippen LogP contribution in [0.15, 0.2) is 30.5 Å². The molecule has 8 nitrogen and oxygen atoms in total. The number of piperidine rings is 1. The van der Waals surface area contributed by atoms with Crippen LogP contribution in [0.25, 0.3) is 11.3 Å². The molecule has 0 aromatic carbocycles. The summed E-state index contributed by atoms with van der Waals surface area (Å²) >= 11 is 0. The van der Waals surface area contributed by atoms with Crippen molar-refractivity contribution in [3.8, 4) is 17.1 Å². The Labute approximate surface area is 177 Å². The largest absolute Gasteiger partial charge is 0.477 e. The van der Waals surface area contributed by atoms with Crippen LogP contribution >= 0.6 is 0 Å². The fraction of sp³-hybridized carbons (Fsp3) is 0.545. The third-order valence-electron chi connectivity index (χ3n) is 6.10. The van der Waals surface area contributed by atoms with E-state index < -0.39 is 5.41 Å². The van der Waals surface area contributed by atoms with Crippen LogP contribution in [0.2, 0.25) is 0 Å². The van der Waals surface area contributed by atoms with Crippen LogP contribution in [0.1, 0.15) is 31.9 Å². The highest BCUT2D eigenvalue weighted by molar-refractivity contribution is 5.88. The van der Waals surface area contributed by atoms with Crippen molar-refractivity contribution >= 4 is 5.91 Å². The summed E-state index contributed by atoms with van der Waals surface area (Å²) in [5.74, 6) is 0.615. The minimum atomic E-state index is -0.643. The van der Waals surface area contributed by atoms with E-state index in [1.807, 2.05) is 31.2 Å². The molecule has 0 unspecified atom stereocenters. The number of pyridine rings is 1. The highest BCUT2D eigenvalue weighted by Gasteiger charge is 2.44. The second-order valence-corrected chi connectivity index (χ2v) is 8.15. The third-order valence-corrected chi connectivity index (χ3v) is 6.10. The number of likely N-dealkylation sites (tertiary alicyclic amines) is 1. The molecule has 8 heteroatoms. The van der Waals surface area contributed by atoms with Crippen LogP contribution in [-0.4, -0.2) is 71.9 Å². The number of amides is 1. The second kappa shape index (κ2) is 9.06. The molecular formula is C22H30N6O2. The van der Waals surface area contributed by atoms with Crippen LogP contribution in [0.3, 0.4) is 0 Å². The van der Waals surface area contributed by atoms with Gasteiger partial charge in [0.1, 0.15) is 0 Å². The van der Waals surface area contributed by atoms with Gasteiger partial charge in [-0.05, 0) is 77.1 Å². The highest BCUT2D eigenvalue weighted by atomic mass is 16.5. The summed E-state index contributed by atoms with van der Waals surface area (Å²) in [4.78, 5) is 20.0. The zero-order chi connectivity index (χ0) is 21.0. The number of carbonyl (C=O) groups excluding carboxylic acids is 1. The van der Waals surface area contributed by atoms with Gasteiger partial charge in [-0.15, -0.1) is 0 Å². The molecule has 4 rings (SSSR count). The first-order valence-electron chi connectivity index (χ1n) is 10.7. The lowest BCUT2D eigenvalue weighted by atomic mass is 9.74. The van der Waals surface area contributed by atoms with E-state index in [-0.39, 0.29) is 11.9 Å². The highest BCUT2D eigenvalue weighted by Crippen LogP contribution is 2.34. The minimum absolute atomic E-state index is 0.0720. The van der Waals surface area contributed by atoms with Gasteiger partial charge in [0.15, 0.2) is 0 Å². The van der Waals surface area contributed by atoms with Crippen molar-refractivity contribution in [3.05, 3.63) is 36.2 Å². The van der Waals surface area contributed by atoms with Gasteiger partial charge in [0.25, 0.3) is 0 Å². The number of nitrogens with one attached hydrogen (secondary N) is 2. The summed E-state index contributed by atoms with van der Waals surface area (Å²) in [6.07, 6.45) is 4.12. The van der Waals surface area contributed by atoms with Gasteiger partial charge in [0.05, 0.1) is 29.0 Å². The molecule has 2 aliphatic heterocycles. The molecule has 2 aromatic rings. The molecule has 0 aliphatic carbocycles. The monoisotopic (exact) mass is 410 g/mol. The van der Waals surface area contributed by atoms with Gasteiger partial charge in [-0.1, -0.05) is 0 Å². The second-order valence-electron chi connectivity index (χ2n) is 8.15. The average Bonchev–Trinajstić information content (AvgIpc) is 3.19. The quantitative estimate of drug-likeness (QED) is 0.743. The maximum absolute atomic E-state index is 13.4. The molecular weight excluding hydrogens is 380 g/mol. The SMILES string of the molecule is CCOc1ncccc1-c1ccc(C2(C(=O)N[C@H]3CCN(C)C3)CCNCC2)nn1. The van der Waals surface area contributed by atoms with Crippen molar-refractivity contribution in [1.82, 2.24) is 30.7 Å². The Balaban J connectivity index is 1.60. The van der Waals surface area contributed by atoms with Crippen molar-refractivity contribution in [3.63, 3.8) is 0 Å². The Hall–Kier alpha value is -2.58. The number of hydrogen-bond acceptors (Lipinski definition) is 7. The third kappa shape index (κ3) is 4.15. The molecule has 0 bridgehead atoms. The Bertz CT molecular complexity index is 866. The van der Waals surface area contributed by atoms with Crippen molar-refractivity contribution in [2.45, 2.75) is 37.6 Å². The predicted octanol–water partition coefficient (Wildman–Crippen LogP) is 1.38. The Morgan fingerprint density at radius 1 is 1.30 bits per heavy atom. The van der Waals surface area contributed by atoms with Crippen LogP contribution in [0.5, 0.6) is 5.88 Å². The maximum Gasteiger partial charge on any atom is 0.232 e. The molecule has 0 saturated carbocycles. The van der Waals surface area contributed by atoms with Gasteiger partial charge >= 0.3 is 0 Å². The van der Waals surface area contributed by atoms with E-state index in [1.54, 1.807) is 6.20 Å². The molecule has 2 N–H and O–H groups in total. The first kappa shape index (κ1) is 20.7. The van der Waals surface area contributed by atoms with Crippen LogP contribution in [-0.2, 0) is 10.2 Å². The van der Waals surface area contributed by atoms with Gasteiger partial charge in [-0.3, -0.25) is 4.79 Å². The molecule has 0 spiro atoms. The fourth-order valence-corrected chi connectivity index (χ4v) is 4.40. The Morgan fingerprint density at radius 2 is 2.13 bits per heavy atom. The maximum atomic E-state index is 13.4. The topological polar surface area (TPSA) is 92.3 Å². The molecule has 2 saturated heterocycles. The first-order chi connectivity index (χ1) is 14.6. The number of rotatable bonds is 6.